The summed E-state index contributed by atoms with van der Waals surface area (Å²) in [6, 6.07) is 6.03. The number of nitrogens with one attached hydrogen (secondary N) is 1. The summed E-state index contributed by atoms with van der Waals surface area (Å²) < 4.78 is 32.8. The van der Waals surface area contributed by atoms with Crippen LogP contribution in [0, 0.1) is 5.82 Å². The molecule has 1 aromatic carbocycles. The number of rotatable bonds is 5. The molecular weight excluding hydrogens is 302 g/mol. The first-order valence-corrected chi connectivity index (χ1v) is 6.55. The summed E-state index contributed by atoms with van der Waals surface area (Å²) in [5.41, 5.74) is -1.83. The summed E-state index contributed by atoms with van der Waals surface area (Å²) in [7, 11) is 1.52. The van der Waals surface area contributed by atoms with Crippen LogP contribution in [-0.2, 0) is 4.79 Å². The molecule has 1 fully saturated rings. The van der Waals surface area contributed by atoms with Gasteiger partial charge in [0.2, 0.25) is 5.67 Å². The van der Waals surface area contributed by atoms with Crippen LogP contribution in [0.3, 0.4) is 0 Å². The molecule has 2 rings (SSSR count). The Bertz CT molecular complexity index is 482. The molecule has 7 heteroatoms. The fourth-order valence-corrected chi connectivity index (χ4v) is 2.14. The van der Waals surface area contributed by atoms with Crippen molar-refractivity contribution in [2.75, 3.05) is 33.3 Å². The molecule has 4 nitrogen and oxygen atoms in total. The van der Waals surface area contributed by atoms with Crippen LogP contribution in [0.25, 0.3) is 0 Å². The number of alkyl halides is 1. The molecule has 21 heavy (non-hydrogen) atoms. The van der Waals surface area contributed by atoms with Gasteiger partial charge in [-0.05, 0) is 18.7 Å². The third kappa shape index (κ3) is 4.28. The third-order valence-corrected chi connectivity index (χ3v) is 3.35. The molecule has 1 aliphatic heterocycles. The maximum Gasteiger partial charge on any atom is 0.261 e. The maximum absolute atomic E-state index is 14.2. The molecule has 1 saturated heterocycles. The second-order valence-electron chi connectivity index (χ2n) is 4.90. The largest absolute Gasteiger partial charge is 0.489 e. The van der Waals surface area contributed by atoms with E-state index in [1.54, 1.807) is 12.1 Å². The van der Waals surface area contributed by atoms with Crippen LogP contribution in [-0.4, -0.2) is 49.8 Å². The molecule has 0 aromatic heterocycles. The highest BCUT2D eigenvalue weighted by molar-refractivity contribution is 5.85. The molecule has 1 unspecified atom stereocenters. The van der Waals surface area contributed by atoms with Crippen LogP contribution in [0.5, 0.6) is 5.75 Å². The lowest BCUT2D eigenvalue weighted by Gasteiger charge is -2.25. The molecular formula is C14H19ClF2N2O2. The van der Waals surface area contributed by atoms with Gasteiger partial charge in [-0.3, -0.25) is 4.79 Å². The van der Waals surface area contributed by atoms with Gasteiger partial charge in [0.25, 0.3) is 5.91 Å². The molecule has 1 atom stereocenters. The first kappa shape index (κ1) is 17.7. The molecule has 0 saturated carbocycles. The summed E-state index contributed by atoms with van der Waals surface area (Å²) in [5, 5.41) is 2.83. The monoisotopic (exact) mass is 320 g/mol. The highest BCUT2D eigenvalue weighted by Crippen LogP contribution is 2.22. The number of carbonyl (C=O) groups is 1. The van der Waals surface area contributed by atoms with Crippen LogP contribution in [0.4, 0.5) is 8.78 Å². The van der Waals surface area contributed by atoms with Crippen LogP contribution in [0.2, 0.25) is 0 Å². The molecule has 1 aliphatic rings. The van der Waals surface area contributed by atoms with Crippen LogP contribution in [0.15, 0.2) is 24.3 Å². The lowest BCUT2D eigenvalue weighted by Crippen LogP contribution is -2.47. The Balaban J connectivity index is 0.00000220. The van der Waals surface area contributed by atoms with Crippen molar-refractivity contribution in [3.05, 3.63) is 30.1 Å². The van der Waals surface area contributed by atoms with E-state index in [9.17, 15) is 13.6 Å². The Morgan fingerprint density at radius 3 is 2.81 bits per heavy atom. The van der Waals surface area contributed by atoms with E-state index in [0.717, 1.165) is 0 Å². The Hall–Kier alpha value is -1.40. The van der Waals surface area contributed by atoms with Crippen molar-refractivity contribution in [1.82, 2.24) is 10.2 Å². The SMILES string of the molecule is CN(CCOc1ccccc1F)C(=O)C1(F)CCNC1.Cl. The molecule has 1 N–H and O–H groups in total. The van der Waals surface area contributed by atoms with Gasteiger partial charge in [-0.15, -0.1) is 12.4 Å². The highest BCUT2D eigenvalue weighted by atomic mass is 35.5. The third-order valence-electron chi connectivity index (χ3n) is 3.35. The fourth-order valence-electron chi connectivity index (χ4n) is 2.14. The highest BCUT2D eigenvalue weighted by Gasteiger charge is 2.43. The van der Waals surface area contributed by atoms with E-state index in [1.807, 2.05) is 0 Å². The number of nitrogens with zero attached hydrogens (tertiary/aromatic N) is 1. The van der Waals surface area contributed by atoms with Crippen LogP contribution >= 0.6 is 12.4 Å². The van der Waals surface area contributed by atoms with Crippen molar-refractivity contribution in [1.29, 1.82) is 0 Å². The van der Waals surface area contributed by atoms with Gasteiger partial charge >= 0.3 is 0 Å². The Kier molecular flexibility index (Phi) is 6.36. The molecule has 0 bridgehead atoms. The number of likely N-dealkylation sites (N-methyl/N-ethyl adjacent to an activating group) is 1. The second kappa shape index (κ2) is 7.56. The van der Waals surface area contributed by atoms with Gasteiger partial charge in [-0.25, -0.2) is 8.78 Å². The average molecular weight is 321 g/mol. The van der Waals surface area contributed by atoms with Crippen molar-refractivity contribution in [2.45, 2.75) is 12.1 Å². The van der Waals surface area contributed by atoms with E-state index in [0.29, 0.717) is 6.54 Å². The van der Waals surface area contributed by atoms with Crippen molar-refractivity contribution in [3.63, 3.8) is 0 Å². The van der Waals surface area contributed by atoms with Crippen molar-refractivity contribution in [2.24, 2.45) is 0 Å². The van der Waals surface area contributed by atoms with Gasteiger partial charge in [0, 0.05) is 20.0 Å². The molecule has 0 aliphatic carbocycles. The van der Waals surface area contributed by atoms with E-state index < -0.39 is 17.4 Å². The molecule has 0 radical (unpaired) electrons. The van der Waals surface area contributed by atoms with Crippen LogP contribution in [0.1, 0.15) is 6.42 Å². The first-order chi connectivity index (χ1) is 9.53. The first-order valence-electron chi connectivity index (χ1n) is 6.55. The minimum atomic E-state index is -1.83. The van der Waals surface area contributed by atoms with Crippen molar-refractivity contribution >= 4 is 18.3 Å². The molecule has 118 valence electrons. The van der Waals surface area contributed by atoms with Gasteiger partial charge in [0.15, 0.2) is 11.6 Å². The zero-order valence-corrected chi connectivity index (χ0v) is 12.6. The average Bonchev–Trinajstić information content (AvgIpc) is 2.88. The minimum Gasteiger partial charge on any atom is -0.489 e. The number of ether oxygens (including phenoxy) is 1. The fraction of sp³-hybridized carbons (Fsp3) is 0.500. The number of carbonyl (C=O) groups excluding carboxylic acids is 1. The number of amides is 1. The van der Waals surface area contributed by atoms with E-state index in [-0.39, 0.29) is 44.3 Å². The lowest BCUT2D eigenvalue weighted by molar-refractivity contribution is -0.141. The predicted molar refractivity (Wildman–Crippen MR) is 78.1 cm³/mol. The number of halogens is 3. The van der Waals surface area contributed by atoms with Gasteiger partial charge in [-0.1, -0.05) is 12.1 Å². The van der Waals surface area contributed by atoms with E-state index in [4.69, 9.17) is 4.74 Å². The second-order valence-corrected chi connectivity index (χ2v) is 4.90. The van der Waals surface area contributed by atoms with Crippen molar-refractivity contribution < 1.29 is 18.3 Å². The van der Waals surface area contributed by atoms with Gasteiger partial charge in [0.1, 0.15) is 6.61 Å². The molecule has 1 amide bonds. The summed E-state index contributed by atoms with van der Waals surface area (Å²) in [6.07, 6.45) is 0.185. The topological polar surface area (TPSA) is 41.6 Å². The zero-order chi connectivity index (χ0) is 14.6. The van der Waals surface area contributed by atoms with E-state index in [2.05, 4.69) is 5.32 Å². The Labute approximate surface area is 128 Å². The van der Waals surface area contributed by atoms with E-state index in [1.165, 1.54) is 24.1 Å². The van der Waals surface area contributed by atoms with E-state index >= 15 is 0 Å². The van der Waals surface area contributed by atoms with Crippen LogP contribution < -0.4 is 10.1 Å². The number of para-hydroxylation sites is 1. The maximum atomic E-state index is 14.2. The Morgan fingerprint density at radius 1 is 1.48 bits per heavy atom. The van der Waals surface area contributed by atoms with Gasteiger partial charge < -0.3 is 15.0 Å². The zero-order valence-electron chi connectivity index (χ0n) is 11.8. The summed E-state index contributed by atoms with van der Waals surface area (Å²) in [5.74, 6) is -0.881. The lowest BCUT2D eigenvalue weighted by atomic mass is 10.0. The quantitative estimate of drug-likeness (QED) is 0.899. The summed E-state index contributed by atoms with van der Waals surface area (Å²) >= 11 is 0. The predicted octanol–water partition coefficient (Wildman–Crippen LogP) is 1.79. The Morgan fingerprint density at radius 2 is 2.19 bits per heavy atom. The standard InChI is InChI=1S/C14H18F2N2O2.ClH/c1-18(13(19)14(16)6-7-17-10-14)8-9-20-12-5-3-2-4-11(12)15;/h2-5,17H,6-10H2,1H3;1H. The van der Waals surface area contributed by atoms with Crippen molar-refractivity contribution in [3.8, 4) is 5.75 Å². The number of hydrogen-bond acceptors (Lipinski definition) is 3. The summed E-state index contributed by atoms with van der Waals surface area (Å²) in [4.78, 5) is 13.2. The number of hydrogen-bond donors (Lipinski definition) is 1. The van der Waals surface area contributed by atoms with Gasteiger partial charge in [0.05, 0.1) is 6.54 Å². The molecule has 1 aromatic rings. The minimum absolute atomic E-state index is 0. The smallest absolute Gasteiger partial charge is 0.261 e. The molecule has 1 heterocycles. The molecule has 0 spiro atoms. The number of benzene rings is 1. The van der Waals surface area contributed by atoms with Gasteiger partial charge in [-0.2, -0.15) is 0 Å². The summed E-state index contributed by atoms with van der Waals surface area (Å²) in [6.45, 7) is 0.873. The normalized spacial score (nSPS) is 20.7.